The van der Waals surface area contributed by atoms with Gasteiger partial charge in [0.1, 0.15) is 0 Å². The number of allylic oxidation sites excluding steroid dienone is 1. The van der Waals surface area contributed by atoms with Crippen molar-refractivity contribution < 1.29 is 14.7 Å². The van der Waals surface area contributed by atoms with Crippen LogP contribution in [-0.4, -0.2) is 23.5 Å². The van der Waals surface area contributed by atoms with Crippen molar-refractivity contribution in [2.75, 3.05) is 6.54 Å². The molecule has 0 unspecified atom stereocenters. The molecule has 0 saturated carbocycles. The highest BCUT2D eigenvalue weighted by molar-refractivity contribution is 5.97. The van der Waals surface area contributed by atoms with Gasteiger partial charge in [-0.1, -0.05) is 25.8 Å². The minimum absolute atomic E-state index is 0.196. The van der Waals surface area contributed by atoms with Gasteiger partial charge in [0.25, 0.3) is 0 Å². The molecule has 0 heterocycles. The number of carbonyl (C=O) groups is 2. The van der Waals surface area contributed by atoms with Gasteiger partial charge in [-0.2, -0.15) is 0 Å². The molecule has 0 fully saturated rings. The van der Waals surface area contributed by atoms with Crippen molar-refractivity contribution in [1.82, 2.24) is 5.32 Å². The van der Waals surface area contributed by atoms with Crippen LogP contribution in [0.4, 0.5) is 0 Å². The zero-order chi connectivity index (χ0) is 12.4. The SMILES string of the molecule is CCCCCC=C(CC(=O)O)C(=O)NCC. The van der Waals surface area contributed by atoms with E-state index in [1.54, 1.807) is 6.08 Å². The standard InChI is InChI=1S/C12H21NO3/c1-3-5-6-7-8-10(9-11(14)15)12(16)13-4-2/h8H,3-7,9H2,1-2H3,(H,13,16)(H,14,15). The number of rotatable bonds is 8. The van der Waals surface area contributed by atoms with Crippen LogP contribution in [0.2, 0.25) is 0 Å². The number of carboxylic acid groups (broad SMARTS) is 1. The number of carbonyl (C=O) groups excluding carboxylic acids is 1. The number of amides is 1. The largest absolute Gasteiger partial charge is 0.481 e. The van der Waals surface area contributed by atoms with Gasteiger partial charge in [-0.3, -0.25) is 9.59 Å². The number of likely N-dealkylation sites (N-methyl/N-ethyl adjacent to an activating group) is 1. The third-order valence-corrected chi connectivity index (χ3v) is 2.17. The molecule has 0 aliphatic heterocycles. The van der Waals surface area contributed by atoms with E-state index in [9.17, 15) is 9.59 Å². The molecule has 0 rings (SSSR count). The molecule has 0 aromatic heterocycles. The average molecular weight is 227 g/mol. The van der Waals surface area contributed by atoms with Crippen molar-refractivity contribution in [3.05, 3.63) is 11.6 Å². The van der Waals surface area contributed by atoms with Gasteiger partial charge in [0.2, 0.25) is 5.91 Å². The molecule has 4 heteroatoms. The maximum absolute atomic E-state index is 11.5. The number of hydrogen-bond acceptors (Lipinski definition) is 2. The average Bonchev–Trinajstić information content (AvgIpc) is 2.22. The first kappa shape index (κ1) is 14.7. The van der Waals surface area contributed by atoms with Crippen LogP contribution >= 0.6 is 0 Å². The Kier molecular flexibility index (Phi) is 8.21. The summed E-state index contributed by atoms with van der Waals surface area (Å²) < 4.78 is 0. The lowest BCUT2D eigenvalue weighted by atomic mass is 10.1. The van der Waals surface area contributed by atoms with Crippen LogP contribution in [0, 0.1) is 0 Å². The second kappa shape index (κ2) is 8.95. The predicted octanol–water partition coefficient (Wildman–Crippen LogP) is 2.10. The highest BCUT2D eigenvalue weighted by Gasteiger charge is 2.11. The van der Waals surface area contributed by atoms with Crippen LogP contribution in [0.5, 0.6) is 0 Å². The lowest BCUT2D eigenvalue weighted by Crippen LogP contribution is -2.25. The molecule has 0 aromatic rings. The highest BCUT2D eigenvalue weighted by atomic mass is 16.4. The normalized spacial score (nSPS) is 11.2. The van der Waals surface area contributed by atoms with E-state index < -0.39 is 5.97 Å². The smallest absolute Gasteiger partial charge is 0.308 e. The van der Waals surface area contributed by atoms with Crippen LogP contribution in [0.25, 0.3) is 0 Å². The number of aliphatic carboxylic acids is 1. The van der Waals surface area contributed by atoms with Crippen LogP contribution in [0.15, 0.2) is 11.6 Å². The first-order valence-corrected chi connectivity index (χ1v) is 5.80. The van der Waals surface area contributed by atoms with Crippen molar-refractivity contribution in [3.8, 4) is 0 Å². The molecule has 0 radical (unpaired) electrons. The topological polar surface area (TPSA) is 66.4 Å². The first-order chi connectivity index (χ1) is 7.61. The number of nitrogens with one attached hydrogen (secondary N) is 1. The second-order valence-electron chi connectivity index (χ2n) is 3.66. The third kappa shape index (κ3) is 7.04. The molecule has 1 amide bonds. The summed E-state index contributed by atoms with van der Waals surface area (Å²) in [7, 11) is 0. The zero-order valence-electron chi connectivity index (χ0n) is 10.1. The molecular weight excluding hydrogens is 206 g/mol. The molecule has 0 aliphatic rings. The van der Waals surface area contributed by atoms with E-state index in [2.05, 4.69) is 12.2 Å². The Labute approximate surface area is 96.7 Å². The van der Waals surface area contributed by atoms with Crippen molar-refractivity contribution in [1.29, 1.82) is 0 Å². The van der Waals surface area contributed by atoms with Gasteiger partial charge in [-0.25, -0.2) is 0 Å². The van der Waals surface area contributed by atoms with Gasteiger partial charge in [-0.05, 0) is 19.8 Å². The van der Waals surface area contributed by atoms with Gasteiger partial charge in [0.05, 0.1) is 6.42 Å². The van der Waals surface area contributed by atoms with E-state index in [4.69, 9.17) is 5.11 Å². The number of carboxylic acids is 1. The molecule has 4 nitrogen and oxygen atoms in total. The maximum atomic E-state index is 11.5. The Morgan fingerprint density at radius 3 is 2.44 bits per heavy atom. The number of unbranched alkanes of at least 4 members (excludes halogenated alkanes) is 3. The monoisotopic (exact) mass is 227 g/mol. The molecular formula is C12H21NO3. The summed E-state index contributed by atoms with van der Waals surface area (Å²) in [5.74, 6) is -1.23. The van der Waals surface area contributed by atoms with Gasteiger partial charge >= 0.3 is 5.97 Å². The molecule has 2 N–H and O–H groups in total. The summed E-state index contributed by atoms with van der Waals surface area (Å²) in [6.07, 6.45) is 5.54. The van der Waals surface area contributed by atoms with Crippen LogP contribution in [0.3, 0.4) is 0 Å². The second-order valence-corrected chi connectivity index (χ2v) is 3.66. The lowest BCUT2D eigenvalue weighted by Gasteiger charge is -2.05. The maximum Gasteiger partial charge on any atom is 0.308 e. The Bertz CT molecular complexity index is 259. The third-order valence-electron chi connectivity index (χ3n) is 2.17. The summed E-state index contributed by atoms with van der Waals surface area (Å²) in [6.45, 7) is 4.43. The minimum Gasteiger partial charge on any atom is -0.481 e. The Balaban J connectivity index is 4.28. The predicted molar refractivity (Wildman–Crippen MR) is 63.2 cm³/mol. The van der Waals surface area contributed by atoms with E-state index in [0.29, 0.717) is 12.1 Å². The van der Waals surface area contributed by atoms with Gasteiger partial charge in [0.15, 0.2) is 0 Å². The van der Waals surface area contributed by atoms with Crippen LogP contribution < -0.4 is 5.32 Å². The van der Waals surface area contributed by atoms with E-state index in [1.165, 1.54) is 0 Å². The molecule has 0 aliphatic carbocycles. The van der Waals surface area contributed by atoms with E-state index in [-0.39, 0.29) is 12.3 Å². The van der Waals surface area contributed by atoms with E-state index >= 15 is 0 Å². The molecule has 0 saturated heterocycles. The van der Waals surface area contributed by atoms with Crippen molar-refractivity contribution in [2.45, 2.75) is 46.0 Å². The summed E-state index contributed by atoms with van der Waals surface area (Å²) in [5.41, 5.74) is 0.366. The van der Waals surface area contributed by atoms with Crippen LogP contribution in [-0.2, 0) is 9.59 Å². The molecule has 16 heavy (non-hydrogen) atoms. The van der Waals surface area contributed by atoms with Crippen molar-refractivity contribution in [3.63, 3.8) is 0 Å². The Morgan fingerprint density at radius 1 is 1.25 bits per heavy atom. The lowest BCUT2D eigenvalue weighted by molar-refractivity contribution is -0.137. The fourth-order valence-corrected chi connectivity index (χ4v) is 1.35. The van der Waals surface area contributed by atoms with Crippen molar-refractivity contribution in [2.24, 2.45) is 0 Å². The van der Waals surface area contributed by atoms with Gasteiger partial charge in [0, 0.05) is 12.1 Å². The Hall–Kier alpha value is -1.32. The molecule has 92 valence electrons. The first-order valence-electron chi connectivity index (χ1n) is 5.80. The molecule has 0 bridgehead atoms. The van der Waals surface area contributed by atoms with Gasteiger partial charge in [-0.15, -0.1) is 0 Å². The fourth-order valence-electron chi connectivity index (χ4n) is 1.35. The van der Waals surface area contributed by atoms with Crippen molar-refractivity contribution >= 4 is 11.9 Å². The quantitative estimate of drug-likeness (QED) is 0.493. The molecule has 0 aromatic carbocycles. The summed E-state index contributed by atoms with van der Waals surface area (Å²) >= 11 is 0. The minimum atomic E-state index is -0.965. The molecule has 0 spiro atoms. The molecule has 0 atom stereocenters. The zero-order valence-corrected chi connectivity index (χ0v) is 10.1. The summed E-state index contributed by atoms with van der Waals surface area (Å²) in [6, 6.07) is 0. The summed E-state index contributed by atoms with van der Waals surface area (Å²) in [5, 5.41) is 11.3. The summed E-state index contributed by atoms with van der Waals surface area (Å²) in [4.78, 5) is 22.1. The highest BCUT2D eigenvalue weighted by Crippen LogP contribution is 2.07. The van der Waals surface area contributed by atoms with E-state index in [1.807, 2.05) is 6.92 Å². The van der Waals surface area contributed by atoms with E-state index in [0.717, 1.165) is 25.7 Å². The fraction of sp³-hybridized carbons (Fsp3) is 0.667. The van der Waals surface area contributed by atoms with Crippen LogP contribution in [0.1, 0.15) is 46.0 Å². The van der Waals surface area contributed by atoms with Gasteiger partial charge < -0.3 is 10.4 Å². The number of hydrogen-bond donors (Lipinski definition) is 2. The Morgan fingerprint density at radius 2 is 1.94 bits per heavy atom.